The van der Waals surface area contributed by atoms with Crippen LogP contribution in [-0.2, 0) is 0 Å². The van der Waals surface area contributed by atoms with Crippen molar-refractivity contribution in [1.82, 2.24) is 5.32 Å². The molecule has 0 aromatic heterocycles. The summed E-state index contributed by atoms with van der Waals surface area (Å²) in [6, 6.07) is 9.42. The Labute approximate surface area is 151 Å². The fourth-order valence-electron chi connectivity index (χ4n) is 1.95. The number of hydrogen-bond donors (Lipinski definition) is 3. The first-order chi connectivity index (χ1) is 11.8. The van der Waals surface area contributed by atoms with Gasteiger partial charge < -0.3 is 10.4 Å². The Balaban J connectivity index is 2.18. The Morgan fingerprint density at radius 3 is 2.48 bits per heavy atom. The van der Waals surface area contributed by atoms with Gasteiger partial charge in [0.25, 0.3) is 11.6 Å². The standard InChI is InChI=1S/C15H10ClN3O5S/c16-8-5-6-11(10(7-8)14(21)22)17-15(25)18-13(20)9-3-1-2-4-12(9)19(23)24/h1-7H,(H,21,22)(H2,17,18,20,25). The van der Waals surface area contributed by atoms with E-state index in [0.29, 0.717) is 0 Å². The SMILES string of the molecule is O=C(O)c1cc(Cl)ccc1NC(=S)NC(=O)c1ccccc1[N+](=O)[O-]. The van der Waals surface area contributed by atoms with Gasteiger partial charge in [0.15, 0.2) is 5.11 Å². The Bertz CT molecular complexity index is 887. The average Bonchev–Trinajstić information content (AvgIpc) is 2.56. The van der Waals surface area contributed by atoms with Crippen LogP contribution in [-0.4, -0.2) is 27.0 Å². The van der Waals surface area contributed by atoms with Gasteiger partial charge in [-0.2, -0.15) is 0 Å². The minimum absolute atomic E-state index is 0.116. The molecule has 1 amide bonds. The highest BCUT2D eigenvalue weighted by Gasteiger charge is 2.20. The summed E-state index contributed by atoms with van der Waals surface area (Å²) in [5.74, 6) is -2.03. The molecule has 0 heterocycles. The lowest BCUT2D eigenvalue weighted by atomic mass is 10.1. The number of carbonyl (C=O) groups excluding carboxylic acids is 1. The van der Waals surface area contributed by atoms with Crippen LogP contribution in [0.1, 0.15) is 20.7 Å². The predicted molar refractivity (Wildman–Crippen MR) is 95.2 cm³/mol. The van der Waals surface area contributed by atoms with Gasteiger partial charge in [0.05, 0.1) is 16.2 Å². The molecule has 3 N–H and O–H groups in total. The van der Waals surface area contributed by atoms with Crippen LogP contribution >= 0.6 is 23.8 Å². The molecule has 0 saturated heterocycles. The molecule has 0 atom stereocenters. The molecular formula is C15H10ClN3O5S. The number of nitrogens with one attached hydrogen (secondary N) is 2. The molecule has 25 heavy (non-hydrogen) atoms. The molecular weight excluding hydrogens is 370 g/mol. The van der Waals surface area contributed by atoms with Crippen LogP contribution in [0.5, 0.6) is 0 Å². The molecule has 2 aromatic carbocycles. The van der Waals surface area contributed by atoms with Crippen molar-refractivity contribution in [1.29, 1.82) is 0 Å². The zero-order chi connectivity index (χ0) is 18.6. The Morgan fingerprint density at radius 2 is 1.84 bits per heavy atom. The molecule has 0 aliphatic carbocycles. The first-order valence-corrected chi connectivity index (χ1v) is 7.47. The summed E-state index contributed by atoms with van der Waals surface area (Å²) < 4.78 is 0. The maximum atomic E-state index is 12.2. The number of nitrogens with zero attached hydrogens (tertiary/aromatic N) is 1. The Morgan fingerprint density at radius 1 is 1.16 bits per heavy atom. The number of para-hydroxylation sites is 1. The number of carboxylic acids is 1. The quantitative estimate of drug-likeness (QED) is 0.424. The third-order valence-electron chi connectivity index (χ3n) is 3.03. The summed E-state index contributed by atoms with van der Waals surface area (Å²) in [5.41, 5.74) is -0.578. The summed E-state index contributed by atoms with van der Waals surface area (Å²) >= 11 is 10.7. The highest BCUT2D eigenvalue weighted by Crippen LogP contribution is 2.21. The molecule has 8 nitrogen and oxygen atoms in total. The molecule has 0 aliphatic rings. The van der Waals surface area contributed by atoms with Crippen LogP contribution < -0.4 is 10.6 Å². The summed E-state index contributed by atoms with van der Waals surface area (Å²) in [6.07, 6.45) is 0. The number of amides is 1. The van der Waals surface area contributed by atoms with E-state index >= 15 is 0 Å². The van der Waals surface area contributed by atoms with Gasteiger partial charge in [-0.25, -0.2) is 4.79 Å². The molecule has 0 unspecified atom stereocenters. The summed E-state index contributed by atoms with van der Waals surface area (Å²) in [5, 5.41) is 24.9. The molecule has 0 aliphatic heterocycles. The fourth-order valence-corrected chi connectivity index (χ4v) is 2.33. The van der Waals surface area contributed by atoms with Gasteiger partial charge in [0, 0.05) is 11.1 Å². The number of carbonyl (C=O) groups is 2. The number of anilines is 1. The van der Waals surface area contributed by atoms with Crippen molar-refractivity contribution in [3.63, 3.8) is 0 Å². The van der Waals surface area contributed by atoms with Crippen molar-refractivity contribution in [2.75, 3.05) is 5.32 Å². The van der Waals surface area contributed by atoms with Crippen LogP contribution in [0.4, 0.5) is 11.4 Å². The molecule has 10 heteroatoms. The predicted octanol–water partition coefficient (Wildman–Crippen LogP) is 3.07. The molecule has 128 valence electrons. The maximum absolute atomic E-state index is 12.2. The Hall–Kier alpha value is -3.04. The van der Waals surface area contributed by atoms with Gasteiger partial charge in [0.1, 0.15) is 5.56 Å². The largest absolute Gasteiger partial charge is 0.478 e. The number of aromatic carboxylic acids is 1. The van der Waals surface area contributed by atoms with E-state index in [1.54, 1.807) is 0 Å². The number of thiocarbonyl (C=S) groups is 1. The second-order valence-electron chi connectivity index (χ2n) is 4.68. The normalized spacial score (nSPS) is 9.96. The first-order valence-electron chi connectivity index (χ1n) is 6.68. The zero-order valence-corrected chi connectivity index (χ0v) is 13.9. The number of rotatable bonds is 4. The van der Waals surface area contributed by atoms with Gasteiger partial charge >= 0.3 is 5.97 Å². The number of nitro benzene ring substituents is 1. The molecule has 0 fully saturated rings. The van der Waals surface area contributed by atoms with Crippen molar-refractivity contribution in [3.05, 3.63) is 68.7 Å². The third-order valence-corrected chi connectivity index (χ3v) is 3.47. The van der Waals surface area contributed by atoms with Crippen LogP contribution in [0.25, 0.3) is 0 Å². The number of benzene rings is 2. The van der Waals surface area contributed by atoms with E-state index in [2.05, 4.69) is 10.6 Å². The van der Waals surface area contributed by atoms with E-state index in [-0.39, 0.29) is 32.6 Å². The van der Waals surface area contributed by atoms with Crippen molar-refractivity contribution >= 4 is 52.2 Å². The van der Waals surface area contributed by atoms with Crippen LogP contribution in [0, 0.1) is 10.1 Å². The van der Waals surface area contributed by atoms with Gasteiger partial charge in [-0.1, -0.05) is 23.7 Å². The van der Waals surface area contributed by atoms with E-state index < -0.39 is 16.8 Å². The van der Waals surface area contributed by atoms with Gasteiger partial charge in [0.2, 0.25) is 0 Å². The van der Waals surface area contributed by atoms with E-state index in [1.807, 2.05) is 0 Å². The van der Waals surface area contributed by atoms with Gasteiger partial charge in [-0.3, -0.25) is 20.2 Å². The van der Waals surface area contributed by atoms with E-state index in [9.17, 15) is 19.7 Å². The third kappa shape index (κ3) is 4.49. The molecule has 2 rings (SSSR count). The molecule has 0 spiro atoms. The van der Waals surface area contributed by atoms with E-state index in [0.717, 1.165) is 0 Å². The summed E-state index contributed by atoms with van der Waals surface area (Å²) in [7, 11) is 0. The zero-order valence-electron chi connectivity index (χ0n) is 12.4. The van der Waals surface area contributed by atoms with Gasteiger partial charge in [-0.05, 0) is 36.5 Å². The Kier molecular flexibility index (Phi) is 5.63. The monoisotopic (exact) mass is 379 g/mol. The smallest absolute Gasteiger partial charge is 0.337 e. The second-order valence-corrected chi connectivity index (χ2v) is 5.52. The van der Waals surface area contributed by atoms with E-state index in [1.165, 1.54) is 42.5 Å². The van der Waals surface area contributed by atoms with Crippen molar-refractivity contribution in [2.45, 2.75) is 0 Å². The summed E-state index contributed by atoms with van der Waals surface area (Å²) in [4.78, 5) is 33.6. The highest BCUT2D eigenvalue weighted by molar-refractivity contribution is 7.80. The number of halogens is 1. The minimum atomic E-state index is -1.24. The van der Waals surface area contributed by atoms with Crippen LogP contribution in [0.3, 0.4) is 0 Å². The average molecular weight is 380 g/mol. The second kappa shape index (κ2) is 7.69. The minimum Gasteiger partial charge on any atom is -0.478 e. The highest BCUT2D eigenvalue weighted by atomic mass is 35.5. The number of carboxylic acid groups (broad SMARTS) is 1. The number of nitro groups is 1. The van der Waals surface area contributed by atoms with Crippen LogP contribution in [0.2, 0.25) is 5.02 Å². The number of hydrogen-bond acceptors (Lipinski definition) is 5. The van der Waals surface area contributed by atoms with Crippen molar-refractivity contribution in [2.24, 2.45) is 0 Å². The topological polar surface area (TPSA) is 122 Å². The summed E-state index contributed by atoms with van der Waals surface area (Å²) in [6.45, 7) is 0. The lowest BCUT2D eigenvalue weighted by Gasteiger charge is -2.12. The van der Waals surface area contributed by atoms with Crippen molar-refractivity contribution in [3.8, 4) is 0 Å². The van der Waals surface area contributed by atoms with E-state index in [4.69, 9.17) is 28.9 Å². The molecule has 0 radical (unpaired) electrons. The molecule has 2 aromatic rings. The first kappa shape index (κ1) is 18.3. The lowest BCUT2D eigenvalue weighted by molar-refractivity contribution is -0.385. The molecule has 0 bridgehead atoms. The van der Waals surface area contributed by atoms with Gasteiger partial charge in [-0.15, -0.1) is 0 Å². The van der Waals surface area contributed by atoms with Crippen molar-refractivity contribution < 1.29 is 19.6 Å². The van der Waals surface area contributed by atoms with Crippen LogP contribution in [0.15, 0.2) is 42.5 Å². The fraction of sp³-hybridized carbons (Fsp3) is 0. The lowest BCUT2D eigenvalue weighted by Crippen LogP contribution is -2.34. The maximum Gasteiger partial charge on any atom is 0.337 e. The molecule has 0 saturated carbocycles.